The second-order valence-corrected chi connectivity index (χ2v) is 5.81. The Balaban J connectivity index is 1.41. The van der Waals surface area contributed by atoms with Gasteiger partial charge in [-0.2, -0.15) is 0 Å². The molecule has 0 radical (unpaired) electrons. The van der Waals surface area contributed by atoms with Crippen LogP contribution in [0.15, 0.2) is 48.7 Å². The fourth-order valence-corrected chi connectivity index (χ4v) is 2.78. The number of pyridine rings is 1. The maximum absolute atomic E-state index is 12.8. The van der Waals surface area contributed by atoms with E-state index in [1.165, 1.54) is 12.1 Å². The Labute approximate surface area is 130 Å². The summed E-state index contributed by atoms with van der Waals surface area (Å²) in [6.45, 7) is 3.79. The van der Waals surface area contributed by atoms with Gasteiger partial charge in [-0.1, -0.05) is 6.07 Å². The molecule has 1 aliphatic rings. The molecule has 116 valence electrons. The van der Waals surface area contributed by atoms with Crippen LogP contribution in [0.3, 0.4) is 0 Å². The molecule has 2 heterocycles. The minimum atomic E-state index is -0.227. The zero-order chi connectivity index (χ0) is 15.2. The van der Waals surface area contributed by atoms with Crippen molar-refractivity contribution in [2.24, 2.45) is 5.92 Å². The molecule has 2 aromatic rings. The number of rotatable bonds is 5. The highest BCUT2D eigenvalue weighted by atomic mass is 19.1. The van der Waals surface area contributed by atoms with Gasteiger partial charge in [0.1, 0.15) is 11.6 Å². The van der Waals surface area contributed by atoms with Crippen molar-refractivity contribution in [3.63, 3.8) is 0 Å². The molecule has 0 unspecified atom stereocenters. The van der Waals surface area contributed by atoms with Crippen LogP contribution < -0.4 is 4.74 Å². The number of hydrogen-bond donors (Lipinski definition) is 0. The molecule has 3 nitrogen and oxygen atoms in total. The summed E-state index contributed by atoms with van der Waals surface area (Å²) in [6.07, 6.45) is 4.11. The first-order valence-electron chi connectivity index (χ1n) is 7.80. The highest BCUT2D eigenvalue weighted by Crippen LogP contribution is 2.20. The normalized spacial score (nSPS) is 16.6. The summed E-state index contributed by atoms with van der Waals surface area (Å²) in [7, 11) is 0. The second kappa shape index (κ2) is 7.36. The van der Waals surface area contributed by atoms with E-state index in [9.17, 15) is 4.39 Å². The zero-order valence-corrected chi connectivity index (χ0v) is 12.6. The Kier molecular flexibility index (Phi) is 5.01. The van der Waals surface area contributed by atoms with E-state index in [1.54, 1.807) is 12.1 Å². The van der Waals surface area contributed by atoms with Crippen molar-refractivity contribution in [3.05, 3.63) is 60.2 Å². The summed E-state index contributed by atoms with van der Waals surface area (Å²) in [6, 6.07) is 12.3. The summed E-state index contributed by atoms with van der Waals surface area (Å²) < 4.78 is 18.6. The van der Waals surface area contributed by atoms with E-state index >= 15 is 0 Å². The molecule has 1 saturated heterocycles. The topological polar surface area (TPSA) is 25.4 Å². The van der Waals surface area contributed by atoms with E-state index in [1.807, 2.05) is 18.3 Å². The van der Waals surface area contributed by atoms with Crippen LogP contribution in [0.2, 0.25) is 0 Å². The molecular weight excluding hydrogens is 279 g/mol. The Hall–Kier alpha value is -1.94. The average molecular weight is 300 g/mol. The number of hydrogen-bond acceptors (Lipinski definition) is 3. The predicted octanol–water partition coefficient (Wildman–Crippen LogP) is 3.51. The molecule has 3 rings (SSSR count). The first kappa shape index (κ1) is 15.0. The standard InChI is InChI=1S/C18H21FN2O/c19-16-4-6-18(7-5-16)22-14-15-8-11-21(12-9-15)13-17-3-1-2-10-20-17/h1-7,10,15H,8-9,11-14H2. The average Bonchev–Trinajstić information content (AvgIpc) is 2.57. The highest BCUT2D eigenvalue weighted by Gasteiger charge is 2.20. The summed E-state index contributed by atoms with van der Waals surface area (Å²) in [4.78, 5) is 6.82. The number of nitrogens with zero attached hydrogens (tertiary/aromatic N) is 2. The lowest BCUT2D eigenvalue weighted by Crippen LogP contribution is -2.35. The zero-order valence-electron chi connectivity index (χ0n) is 12.6. The number of benzene rings is 1. The van der Waals surface area contributed by atoms with Gasteiger partial charge < -0.3 is 4.74 Å². The Morgan fingerprint density at radius 3 is 2.55 bits per heavy atom. The largest absolute Gasteiger partial charge is 0.493 e. The van der Waals surface area contributed by atoms with Gasteiger partial charge in [-0.05, 0) is 68.2 Å². The van der Waals surface area contributed by atoms with Gasteiger partial charge in [0.15, 0.2) is 0 Å². The van der Waals surface area contributed by atoms with E-state index in [0.29, 0.717) is 12.5 Å². The third-order valence-corrected chi connectivity index (χ3v) is 4.12. The van der Waals surface area contributed by atoms with Gasteiger partial charge in [0.05, 0.1) is 12.3 Å². The van der Waals surface area contributed by atoms with Gasteiger partial charge in [0.2, 0.25) is 0 Å². The van der Waals surface area contributed by atoms with Crippen molar-refractivity contribution in [1.82, 2.24) is 9.88 Å². The molecule has 1 aromatic heterocycles. The monoisotopic (exact) mass is 300 g/mol. The van der Waals surface area contributed by atoms with Crippen LogP contribution in [0.1, 0.15) is 18.5 Å². The van der Waals surface area contributed by atoms with Gasteiger partial charge in [-0.25, -0.2) is 4.39 Å². The number of likely N-dealkylation sites (tertiary alicyclic amines) is 1. The minimum Gasteiger partial charge on any atom is -0.493 e. The van der Waals surface area contributed by atoms with E-state index in [4.69, 9.17) is 4.74 Å². The number of halogens is 1. The third kappa shape index (κ3) is 4.28. The van der Waals surface area contributed by atoms with Gasteiger partial charge in [0.25, 0.3) is 0 Å². The van der Waals surface area contributed by atoms with Crippen LogP contribution in [-0.4, -0.2) is 29.6 Å². The van der Waals surface area contributed by atoms with Crippen LogP contribution in [0, 0.1) is 11.7 Å². The van der Waals surface area contributed by atoms with Gasteiger partial charge in [0, 0.05) is 12.7 Å². The van der Waals surface area contributed by atoms with E-state index in [0.717, 1.165) is 43.9 Å². The van der Waals surface area contributed by atoms with Gasteiger partial charge in [-0.3, -0.25) is 9.88 Å². The molecule has 0 spiro atoms. The molecule has 1 fully saturated rings. The van der Waals surface area contributed by atoms with Crippen LogP contribution >= 0.6 is 0 Å². The lowest BCUT2D eigenvalue weighted by Gasteiger charge is -2.31. The third-order valence-electron chi connectivity index (χ3n) is 4.12. The summed E-state index contributed by atoms with van der Waals surface area (Å²) >= 11 is 0. The number of piperidine rings is 1. The molecular formula is C18H21FN2O. The van der Waals surface area contributed by atoms with Gasteiger partial charge >= 0.3 is 0 Å². The highest BCUT2D eigenvalue weighted by molar-refractivity contribution is 5.22. The Bertz CT molecular complexity index is 565. The molecule has 0 amide bonds. The minimum absolute atomic E-state index is 0.227. The van der Waals surface area contributed by atoms with Crippen molar-refractivity contribution >= 4 is 0 Å². The Morgan fingerprint density at radius 2 is 1.86 bits per heavy atom. The first-order chi connectivity index (χ1) is 10.8. The van der Waals surface area contributed by atoms with Crippen LogP contribution in [-0.2, 0) is 6.54 Å². The molecule has 0 saturated carbocycles. The summed E-state index contributed by atoms with van der Waals surface area (Å²) in [5.74, 6) is 1.09. The van der Waals surface area contributed by atoms with E-state index in [2.05, 4.69) is 16.0 Å². The molecule has 1 aliphatic heterocycles. The van der Waals surface area contributed by atoms with E-state index in [-0.39, 0.29) is 5.82 Å². The quantitative estimate of drug-likeness (QED) is 0.845. The molecule has 0 N–H and O–H groups in total. The molecule has 4 heteroatoms. The maximum Gasteiger partial charge on any atom is 0.123 e. The molecule has 22 heavy (non-hydrogen) atoms. The fourth-order valence-electron chi connectivity index (χ4n) is 2.78. The van der Waals surface area contributed by atoms with Crippen LogP contribution in [0.5, 0.6) is 5.75 Å². The Morgan fingerprint density at radius 1 is 1.09 bits per heavy atom. The molecule has 0 atom stereocenters. The second-order valence-electron chi connectivity index (χ2n) is 5.81. The fraction of sp³-hybridized carbons (Fsp3) is 0.389. The molecule has 0 aliphatic carbocycles. The van der Waals surface area contributed by atoms with E-state index < -0.39 is 0 Å². The first-order valence-corrected chi connectivity index (χ1v) is 7.80. The molecule has 0 bridgehead atoms. The number of ether oxygens (including phenoxy) is 1. The van der Waals surface area contributed by atoms with Crippen LogP contribution in [0.4, 0.5) is 4.39 Å². The van der Waals surface area contributed by atoms with Crippen molar-refractivity contribution in [2.45, 2.75) is 19.4 Å². The summed E-state index contributed by atoms with van der Waals surface area (Å²) in [5.41, 5.74) is 1.13. The van der Waals surface area contributed by atoms with Crippen molar-refractivity contribution in [2.75, 3.05) is 19.7 Å². The summed E-state index contributed by atoms with van der Waals surface area (Å²) in [5, 5.41) is 0. The maximum atomic E-state index is 12.8. The SMILES string of the molecule is Fc1ccc(OCC2CCN(Cc3ccccn3)CC2)cc1. The predicted molar refractivity (Wildman–Crippen MR) is 84.1 cm³/mol. The van der Waals surface area contributed by atoms with Gasteiger partial charge in [-0.15, -0.1) is 0 Å². The van der Waals surface area contributed by atoms with Crippen molar-refractivity contribution < 1.29 is 9.13 Å². The van der Waals surface area contributed by atoms with Crippen molar-refractivity contribution in [3.8, 4) is 5.75 Å². The van der Waals surface area contributed by atoms with Crippen molar-refractivity contribution in [1.29, 1.82) is 0 Å². The smallest absolute Gasteiger partial charge is 0.123 e. The van der Waals surface area contributed by atoms with Crippen LogP contribution in [0.25, 0.3) is 0 Å². The number of aromatic nitrogens is 1. The molecule has 1 aromatic carbocycles. The lowest BCUT2D eigenvalue weighted by molar-refractivity contribution is 0.135. The lowest BCUT2D eigenvalue weighted by atomic mass is 9.97.